The highest BCUT2D eigenvalue weighted by molar-refractivity contribution is 7.98. The molecule has 3 aromatic heterocycles. The molecule has 1 aliphatic rings. The molecule has 0 radical (unpaired) electrons. The predicted octanol–water partition coefficient (Wildman–Crippen LogP) is 2.41. The summed E-state index contributed by atoms with van der Waals surface area (Å²) in [7, 11) is 0. The maximum atomic E-state index is 13.3. The summed E-state index contributed by atoms with van der Waals surface area (Å²) in [4.78, 5) is 32.1. The van der Waals surface area contributed by atoms with E-state index >= 15 is 0 Å². The van der Waals surface area contributed by atoms with E-state index in [0.717, 1.165) is 29.5 Å². The van der Waals surface area contributed by atoms with Crippen LogP contribution in [0.1, 0.15) is 29.6 Å². The minimum atomic E-state index is -0.00544. The van der Waals surface area contributed by atoms with Gasteiger partial charge >= 0.3 is 0 Å². The van der Waals surface area contributed by atoms with E-state index in [1.54, 1.807) is 22.0 Å². The third-order valence-electron chi connectivity index (χ3n) is 4.74. The zero-order valence-electron chi connectivity index (χ0n) is 15.5. The molecule has 8 nitrogen and oxygen atoms in total. The van der Waals surface area contributed by atoms with Gasteiger partial charge < -0.3 is 11.5 Å². The van der Waals surface area contributed by atoms with Crippen LogP contribution in [-0.4, -0.2) is 24.5 Å². The first kappa shape index (κ1) is 18.9. The third kappa shape index (κ3) is 3.49. The smallest absolute Gasteiger partial charge is 0.263 e. The Morgan fingerprint density at radius 2 is 2.04 bits per heavy atom. The lowest BCUT2D eigenvalue weighted by Crippen LogP contribution is -2.23. The van der Waals surface area contributed by atoms with Gasteiger partial charge in [-0.1, -0.05) is 24.8 Å². The molecule has 0 saturated heterocycles. The number of nitrogen functional groups attached to an aromatic ring is 2. The fraction of sp³-hybridized carbons (Fsp3) is 0.389. The number of hydrogen-bond donors (Lipinski definition) is 2. The summed E-state index contributed by atoms with van der Waals surface area (Å²) in [6.07, 6.45) is 4.78. The number of hydrogen-bond acceptors (Lipinski definition) is 9. The number of nitrogens with zero attached hydrogens (tertiary/aromatic N) is 5. The number of nitrogens with two attached hydrogens (primary N) is 2. The van der Waals surface area contributed by atoms with E-state index in [9.17, 15) is 4.79 Å². The van der Waals surface area contributed by atoms with Crippen molar-refractivity contribution in [1.29, 1.82) is 0 Å². The summed E-state index contributed by atoms with van der Waals surface area (Å²) in [6.45, 7) is 6.43. The summed E-state index contributed by atoms with van der Waals surface area (Å²) >= 11 is 3.02. The highest BCUT2D eigenvalue weighted by Crippen LogP contribution is 2.36. The molecule has 4 N–H and O–H groups in total. The number of thioether (sulfide) groups is 1. The Kier molecular flexibility index (Phi) is 5.07. The van der Waals surface area contributed by atoms with Crippen molar-refractivity contribution in [1.82, 2.24) is 24.5 Å². The van der Waals surface area contributed by atoms with E-state index in [1.807, 2.05) is 0 Å². The summed E-state index contributed by atoms with van der Waals surface area (Å²) in [5.74, 6) is 1.64. The average molecular weight is 416 g/mol. The molecule has 0 aliphatic heterocycles. The largest absolute Gasteiger partial charge is 0.368 e. The molecule has 4 rings (SSSR count). The lowest BCUT2D eigenvalue weighted by Gasteiger charge is -2.17. The first-order valence-electron chi connectivity index (χ1n) is 9.01. The summed E-state index contributed by atoms with van der Waals surface area (Å²) < 4.78 is 1.67. The van der Waals surface area contributed by atoms with Gasteiger partial charge in [-0.05, 0) is 30.7 Å². The lowest BCUT2D eigenvalue weighted by atomic mass is 9.89. The van der Waals surface area contributed by atoms with Crippen molar-refractivity contribution in [3.8, 4) is 0 Å². The molecule has 0 spiro atoms. The van der Waals surface area contributed by atoms with Gasteiger partial charge in [0.2, 0.25) is 11.9 Å². The van der Waals surface area contributed by atoms with Crippen molar-refractivity contribution in [2.75, 3.05) is 11.5 Å². The van der Waals surface area contributed by atoms with Gasteiger partial charge in [0.15, 0.2) is 5.16 Å². The predicted molar refractivity (Wildman–Crippen MR) is 113 cm³/mol. The third-order valence-corrected chi connectivity index (χ3v) is 6.86. The topological polar surface area (TPSA) is 126 Å². The first-order valence-corrected chi connectivity index (χ1v) is 10.8. The quantitative estimate of drug-likeness (QED) is 0.370. The van der Waals surface area contributed by atoms with E-state index in [-0.39, 0.29) is 17.5 Å². The Morgan fingerprint density at radius 3 is 2.75 bits per heavy atom. The normalized spacial score (nSPS) is 16.2. The number of aryl methyl sites for hydroxylation is 1. The molecule has 1 aliphatic carbocycles. The number of rotatable bonds is 5. The van der Waals surface area contributed by atoms with Gasteiger partial charge in [0.05, 0.1) is 11.1 Å². The van der Waals surface area contributed by atoms with Crippen molar-refractivity contribution >= 4 is 45.2 Å². The molecule has 3 heterocycles. The molecule has 0 aromatic carbocycles. The van der Waals surface area contributed by atoms with E-state index < -0.39 is 0 Å². The average Bonchev–Trinajstić information content (AvgIpc) is 2.99. The second kappa shape index (κ2) is 7.51. The minimum absolute atomic E-state index is 0.00544. The van der Waals surface area contributed by atoms with Crippen LogP contribution in [0.4, 0.5) is 11.9 Å². The molecule has 0 saturated carbocycles. The molecule has 3 aromatic rings. The molecule has 10 heteroatoms. The Balaban J connectivity index is 1.75. The molecule has 28 heavy (non-hydrogen) atoms. The molecular formula is C18H21N7OS2. The van der Waals surface area contributed by atoms with E-state index in [0.29, 0.717) is 29.2 Å². The van der Waals surface area contributed by atoms with Crippen LogP contribution in [0.2, 0.25) is 0 Å². The maximum absolute atomic E-state index is 13.3. The van der Waals surface area contributed by atoms with Crippen molar-refractivity contribution in [3.63, 3.8) is 0 Å². The van der Waals surface area contributed by atoms with Gasteiger partial charge in [0.25, 0.3) is 5.56 Å². The number of thiophene rings is 1. The first-order chi connectivity index (χ1) is 13.5. The van der Waals surface area contributed by atoms with Crippen LogP contribution in [0.25, 0.3) is 10.2 Å². The fourth-order valence-corrected chi connectivity index (χ4v) is 5.74. The van der Waals surface area contributed by atoms with Gasteiger partial charge in [0, 0.05) is 11.4 Å². The van der Waals surface area contributed by atoms with Crippen molar-refractivity contribution < 1.29 is 0 Å². The maximum Gasteiger partial charge on any atom is 0.263 e. The Morgan fingerprint density at radius 1 is 1.29 bits per heavy atom. The van der Waals surface area contributed by atoms with Gasteiger partial charge in [-0.3, -0.25) is 9.36 Å². The minimum Gasteiger partial charge on any atom is -0.368 e. The van der Waals surface area contributed by atoms with Crippen LogP contribution in [-0.2, 0) is 25.1 Å². The SMILES string of the molecule is C=CCn1c(SCc2nc(N)nc(N)n2)nc2sc3c(c2c1=O)CC[C@@H](C)C3. The van der Waals surface area contributed by atoms with Gasteiger partial charge in [-0.2, -0.15) is 15.0 Å². The number of aromatic nitrogens is 5. The van der Waals surface area contributed by atoms with Crippen LogP contribution in [0, 0.1) is 5.92 Å². The molecule has 1 atom stereocenters. The summed E-state index contributed by atoms with van der Waals surface area (Å²) in [6, 6.07) is 0. The second-order valence-electron chi connectivity index (χ2n) is 6.89. The highest BCUT2D eigenvalue weighted by Gasteiger charge is 2.24. The molecule has 0 bridgehead atoms. The highest BCUT2D eigenvalue weighted by atomic mass is 32.2. The fourth-order valence-electron chi connectivity index (χ4n) is 3.46. The molecule has 0 fully saturated rings. The Bertz CT molecular complexity index is 1100. The van der Waals surface area contributed by atoms with Crippen LogP contribution in [0.3, 0.4) is 0 Å². The molecular weight excluding hydrogens is 394 g/mol. The number of fused-ring (bicyclic) bond motifs is 3. The van der Waals surface area contributed by atoms with Gasteiger partial charge in [0.1, 0.15) is 10.7 Å². The lowest BCUT2D eigenvalue weighted by molar-refractivity contribution is 0.509. The molecule has 0 amide bonds. The monoisotopic (exact) mass is 415 g/mol. The zero-order valence-corrected chi connectivity index (χ0v) is 17.1. The van der Waals surface area contributed by atoms with Crippen molar-refractivity contribution in [2.24, 2.45) is 5.92 Å². The summed E-state index contributed by atoms with van der Waals surface area (Å²) in [5.41, 5.74) is 12.5. The van der Waals surface area contributed by atoms with E-state index in [4.69, 9.17) is 16.5 Å². The number of anilines is 2. The standard InChI is InChI=1S/C18H21N7OS2/c1-3-6-25-15(26)13-10-5-4-9(2)7-11(10)28-14(13)23-18(25)27-8-12-21-16(19)24-17(20)22-12/h3,9H,1,4-8H2,2H3,(H4,19,20,21,22,24)/t9-/m1/s1. The van der Waals surface area contributed by atoms with Crippen molar-refractivity contribution in [2.45, 2.75) is 43.6 Å². The van der Waals surface area contributed by atoms with Crippen LogP contribution in [0.5, 0.6) is 0 Å². The van der Waals surface area contributed by atoms with Crippen LogP contribution in [0.15, 0.2) is 22.6 Å². The Labute approximate surface area is 170 Å². The van der Waals surface area contributed by atoms with Crippen LogP contribution >= 0.6 is 23.1 Å². The van der Waals surface area contributed by atoms with Gasteiger partial charge in [-0.15, -0.1) is 17.9 Å². The van der Waals surface area contributed by atoms with E-state index in [2.05, 4.69) is 28.5 Å². The number of allylic oxidation sites excluding steroid dienone is 1. The molecule has 146 valence electrons. The second-order valence-corrected chi connectivity index (χ2v) is 8.91. The van der Waals surface area contributed by atoms with Gasteiger partial charge in [-0.25, -0.2) is 4.98 Å². The Hall–Kier alpha value is -2.46. The summed E-state index contributed by atoms with van der Waals surface area (Å²) in [5, 5.41) is 1.38. The van der Waals surface area contributed by atoms with E-state index in [1.165, 1.54) is 22.2 Å². The van der Waals surface area contributed by atoms with Crippen molar-refractivity contribution in [3.05, 3.63) is 39.3 Å². The van der Waals surface area contributed by atoms with Crippen LogP contribution < -0.4 is 17.0 Å². The molecule has 0 unspecified atom stereocenters. The zero-order chi connectivity index (χ0) is 19.8.